The minimum Gasteiger partial charge on any atom is -0.330 e. The molecule has 0 heterocycles. The molecule has 3 heteroatoms. The fraction of sp³-hybridized carbons (Fsp3) is 1.00. The Bertz CT molecular complexity index is 81.7. The van der Waals surface area contributed by atoms with Gasteiger partial charge in [-0.3, -0.25) is 4.66 Å². The molecule has 15 heavy (non-hydrogen) atoms. The minimum atomic E-state index is 0.872. The second kappa shape index (κ2) is 19.7. The van der Waals surface area contributed by atoms with E-state index in [1.807, 2.05) is 0 Å². The van der Waals surface area contributed by atoms with E-state index in [9.17, 15) is 0 Å². The predicted octanol–water partition coefficient (Wildman–Crippen LogP) is 4.00. The van der Waals surface area contributed by atoms with Crippen LogP contribution >= 0.6 is 11.9 Å². The maximum atomic E-state index is 6.47. The first kappa shape index (κ1) is 17.6. The van der Waals surface area contributed by atoms with Crippen LogP contribution in [0.4, 0.5) is 0 Å². The van der Waals surface area contributed by atoms with E-state index in [0.717, 1.165) is 6.54 Å². The first-order valence-corrected chi connectivity index (χ1v) is 6.62. The molecule has 3 N–H and O–H groups in total. The van der Waals surface area contributed by atoms with Crippen LogP contribution < -0.4 is 5.73 Å². The van der Waals surface area contributed by atoms with Gasteiger partial charge in [0.15, 0.2) is 0 Å². The number of unbranched alkanes of at least 4 members (excludes halogenated alkanes) is 9. The van der Waals surface area contributed by atoms with Gasteiger partial charge in [-0.1, -0.05) is 64.7 Å². The molecule has 0 amide bonds. The molecule has 0 aliphatic carbocycles. The first-order chi connectivity index (χ1) is 7.41. The van der Waals surface area contributed by atoms with Crippen molar-refractivity contribution in [2.45, 2.75) is 71.1 Å². The Hall–Kier alpha value is 0.210. The SMILES string of the molecule is CCCCCCCCCCCCN.OCl. The largest absolute Gasteiger partial charge is 0.330 e. The van der Waals surface area contributed by atoms with Gasteiger partial charge in [-0.15, -0.1) is 0 Å². The third kappa shape index (κ3) is 20.3. The van der Waals surface area contributed by atoms with Crippen molar-refractivity contribution in [3.63, 3.8) is 0 Å². The van der Waals surface area contributed by atoms with Crippen molar-refractivity contribution in [3.05, 3.63) is 0 Å². The summed E-state index contributed by atoms with van der Waals surface area (Å²) in [5.41, 5.74) is 5.42. The summed E-state index contributed by atoms with van der Waals surface area (Å²) in [5.74, 6) is 0. The Kier molecular flexibility index (Phi) is 23.2. The van der Waals surface area contributed by atoms with Gasteiger partial charge >= 0.3 is 0 Å². The van der Waals surface area contributed by atoms with Crippen LogP contribution in [0.1, 0.15) is 71.1 Å². The van der Waals surface area contributed by atoms with Crippen LogP contribution in [0.25, 0.3) is 0 Å². The van der Waals surface area contributed by atoms with Crippen LogP contribution in [-0.2, 0) is 0 Å². The highest BCUT2D eigenvalue weighted by Gasteiger charge is 1.90. The molecule has 0 bridgehead atoms. The molecule has 0 aromatic carbocycles. The highest BCUT2D eigenvalue weighted by Crippen LogP contribution is 2.09. The summed E-state index contributed by atoms with van der Waals surface area (Å²) in [5, 5.41) is 0. The Labute approximate surface area is 100 Å². The van der Waals surface area contributed by atoms with Crippen LogP contribution in [0, 0.1) is 0 Å². The number of rotatable bonds is 10. The normalized spacial score (nSPS) is 9.60. The average molecular weight is 238 g/mol. The molecule has 0 fully saturated rings. The van der Waals surface area contributed by atoms with Crippen molar-refractivity contribution in [1.29, 1.82) is 0 Å². The predicted molar refractivity (Wildman–Crippen MR) is 69.0 cm³/mol. The van der Waals surface area contributed by atoms with E-state index in [2.05, 4.69) is 18.8 Å². The standard InChI is InChI=1S/C12H27N.ClHO/c1-2-3-4-5-6-7-8-9-10-11-12-13;1-2/h2-13H2,1H3;2H. The average Bonchev–Trinajstić information content (AvgIpc) is 2.30. The van der Waals surface area contributed by atoms with Gasteiger partial charge in [0.05, 0.1) is 11.9 Å². The summed E-state index contributed by atoms with van der Waals surface area (Å²) in [6.45, 7) is 3.14. The quantitative estimate of drug-likeness (QED) is 0.565. The van der Waals surface area contributed by atoms with E-state index >= 15 is 0 Å². The third-order valence-electron chi connectivity index (χ3n) is 2.56. The lowest BCUT2D eigenvalue weighted by molar-refractivity contribution is 0.558. The Morgan fingerprint density at radius 2 is 1.07 bits per heavy atom. The third-order valence-corrected chi connectivity index (χ3v) is 2.56. The van der Waals surface area contributed by atoms with Gasteiger partial charge in [0, 0.05) is 0 Å². The molecule has 0 saturated heterocycles. The summed E-state index contributed by atoms with van der Waals surface area (Å²) in [7, 11) is 0. The monoisotopic (exact) mass is 237 g/mol. The number of hydrogen-bond donors (Lipinski definition) is 2. The molecule has 0 aromatic heterocycles. The summed E-state index contributed by atoms with van der Waals surface area (Å²) in [6, 6.07) is 0. The van der Waals surface area contributed by atoms with Crippen LogP contribution in [0.15, 0.2) is 0 Å². The Morgan fingerprint density at radius 3 is 1.40 bits per heavy atom. The van der Waals surface area contributed by atoms with Crippen molar-refractivity contribution in [2.75, 3.05) is 6.54 Å². The van der Waals surface area contributed by atoms with E-state index < -0.39 is 0 Å². The molecule has 0 saturated carbocycles. The number of halogens is 1. The van der Waals surface area contributed by atoms with Crippen molar-refractivity contribution in [1.82, 2.24) is 0 Å². The van der Waals surface area contributed by atoms with Gasteiger partial charge < -0.3 is 5.73 Å². The lowest BCUT2D eigenvalue weighted by atomic mass is 10.1. The van der Waals surface area contributed by atoms with Gasteiger partial charge in [0.25, 0.3) is 0 Å². The Morgan fingerprint density at radius 1 is 0.733 bits per heavy atom. The molecule has 0 atom stereocenters. The second-order valence-electron chi connectivity index (χ2n) is 3.97. The van der Waals surface area contributed by atoms with Gasteiger partial charge in [-0.05, 0) is 13.0 Å². The fourth-order valence-electron chi connectivity index (χ4n) is 1.63. The fourth-order valence-corrected chi connectivity index (χ4v) is 1.63. The molecule has 2 nitrogen and oxygen atoms in total. The van der Waals surface area contributed by atoms with Gasteiger partial charge in [-0.25, -0.2) is 0 Å². The first-order valence-electron chi connectivity index (χ1n) is 6.28. The maximum Gasteiger partial charge on any atom is 0.0579 e. The molecular weight excluding hydrogens is 210 g/mol. The molecule has 0 rings (SSSR count). The van der Waals surface area contributed by atoms with Crippen LogP contribution in [0.3, 0.4) is 0 Å². The van der Waals surface area contributed by atoms with Crippen molar-refractivity contribution in [3.8, 4) is 0 Å². The summed E-state index contributed by atoms with van der Waals surface area (Å²) < 4.78 is 6.47. The smallest absolute Gasteiger partial charge is 0.0579 e. The molecule has 0 spiro atoms. The van der Waals surface area contributed by atoms with Gasteiger partial charge in [-0.2, -0.15) is 0 Å². The zero-order chi connectivity index (χ0) is 11.8. The molecule has 0 radical (unpaired) electrons. The van der Waals surface area contributed by atoms with Gasteiger partial charge in [0.1, 0.15) is 0 Å². The summed E-state index contributed by atoms with van der Waals surface area (Å²) in [6.07, 6.45) is 13.9. The lowest BCUT2D eigenvalue weighted by Gasteiger charge is -2.00. The molecule has 0 aromatic rings. The molecule has 0 aliphatic heterocycles. The molecule has 94 valence electrons. The number of hydrogen-bond acceptors (Lipinski definition) is 2. The molecule has 0 aliphatic rings. The van der Waals surface area contributed by atoms with Crippen LogP contribution in [0.5, 0.6) is 0 Å². The van der Waals surface area contributed by atoms with Crippen molar-refractivity contribution >= 4 is 11.9 Å². The lowest BCUT2D eigenvalue weighted by Crippen LogP contribution is -1.97. The Balaban J connectivity index is 0. The van der Waals surface area contributed by atoms with Crippen molar-refractivity contribution in [2.24, 2.45) is 5.73 Å². The van der Waals surface area contributed by atoms with Crippen LogP contribution in [-0.4, -0.2) is 11.2 Å². The van der Waals surface area contributed by atoms with Crippen LogP contribution in [0.2, 0.25) is 0 Å². The van der Waals surface area contributed by atoms with Gasteiger partial charge in [0.2, 0.25) is 0 Å². The second-order valence-corrected chi connectivity index (χ2v) is 3.97. The summed E-state index contributed by atoms with van der Waals surface area (Å²) >= 11 is 3.64. The zero-order valence-electron chi connectivity index (χ0n) is 10.2. The number of nitrogens with two attached hydrogens (primary N) is 1. The summed E-state index contributed by atoms with van der Waals surface area (Å²) in [4.78, 5) is 0. The highest BCUT2D eigenvalue weighted by atomic mass is 35.5. The minimum absolute atomic E-state index is 0.872. The van der Waals surface area contributed by atoms with E-state index in [1.54, 1.807) is 0 Å². The molecular formula is C12H28ClNO. The maximum absolute atomic E-state index is 6.47. The molecule has 0 unspecified atom stereocenters. The zero-order valence-corrected chi connectivity index (χ0v) is 10.9. The highest BCUT2D eigenvalue weighted by molar-refractivity contribution is 6.04. The van der Waals surface area contributed by atoms with Crippen molar-refractivity contribution < 1.29 is 4.66 Å². The topological polar surface area (TPSA) is 46.2 Å². The van der Waals surface area contributed by atoms with E-state index in [1.165, 1.54) is 64.2 Å². The van der Waals surface area contributed by atoms with E-state index in [0.29, 0.717) is 0 Å². The van der Waals surface area contributed by atoms with E-state index in [4.69, 9.17) is 10.4 Å². The van der Waals surface area contributed by atoms with E-state index in [-0.39, 0.29) is 0 Å².